The number of carbonyl (C=O) groups excluding carboxylic acids is 2. The highest BCUT2D eigenvalue weighted by molar-refractivity contribution is 6.05. The molecule has 0 unspecified atom stereocenters. The van der Waals surface area contributed by atoms with E-state index in [-0.39, 0.29) is 35.7 Å². The molecule has 0 atom stereocenters. The summed E-state index contributed by atoms with van der Waals surface area (Å²) >= 11 is 0. The van der Waals surface area contributed by atoms with Crippen molar-refractivity contribution in [3.05, 3.63) is 64.7 Å². The first kappa shape index (κ1) is 18.2. The minimum atomic E-state index is -1.02. The van der Waals surface area contributed by atoms with Gasteiger partial charge in [-0.2, -0.15) is 0 Å². The Labute approximate surface area is 145 Å². The summed E-state index contributed by atoms with van der Waals surface area (Å²) in [6, 6.07) is 10.9. The van der Waals surface area contributed by atoms with E-state index in [1.165, 1.54) is 31.2 Å². The maximum absolute atomic E-state index is 12.0. The van der Waals surface area contributed by atoms with E-state index in [1.54, 1.807) is 25.1 Å². The van der Waals surface area contributed by atoms with Crippen LogP contribution < -0.4 is 4.74 Å². The minimum Gasteiger partial charge on any atom is -0.489 e. The first-order valence-corrected chi connectivity index (χ1v) is 7.69. The summed E-state index contributed by atoms with van der Waals surface area (Å²) in [6.45, 7) is 3.38. The number of Topliss-reactive ketones (excluding diaryl/α,β-unsaturated/α-hetero) is 1. The Kier molecular flexibility index (Phi) is 5.89. The van der Waals surface area contributed by atoms with Crippen LogP contribution in [0.5, 0.6) is 5.75 Å². The molecular weight excluding hydrogens is 324 g/mol. The zero-order valence-corrected chi connectivity index (χ0v) is 13.9. The summed E-state index contributed by atoms with van der Waals surface area (Å²) in [5.41, 5.74) is 1.25. The summed E-state index contributed by atoms with van der Waals surface area (Å²) in [7, 11) is 0. The number of carbonyl (C=O) groups is 3. The lowest BCUT2D eigenvalue weighted by Gasteiger charge is -2.11. The molecule has 0 radical (unpaired) electrons. The van der Waals surface area contributed by atoms with Crippen LogP contribution in [0.25, 0.3) is 0 Å². The van der Waals surface area contributed by atoms with Gasteiger partial charge in [0.15, 0.2) is 5.78 Å². The van der Waals surface area contributed by atoms with Gasteiger partial charge in [0.2, 0.25) is 0 Å². The van der Waals surface area contributed by atoms with Crippen LogP contribution in [0.4, 0.5) is 0 Å². The van der Waals surface area contributed by atoms with Gasteiger partial charge in [-0.25, -0.2) is 9.59 Å². The molecule has 1 N–H and O–H groups in total. The number of hydrogen-bond acceptors (Lipinski definition) is 5. The number of esters is 1. The number of carboxylic acid groups (broad SMARTS) is 1. The van der Waals surface area contributed by atoms with Crippen molar-refractivity contribution in [3.63, 3.8) is 0 Å². The van der Waals surface area contributed by atoms with Crippen LogP contribution in [0.3, 0.4) is 0 Å². The molecule has 130 valence electrons. The van der Waals surface area contributed by atoms with Gasteiger partial charge in [-0.05, 0) is 49.7 Å². The molecule has 0 fully saturated rings. The first-order valence-electron chi connectivity index (χ1n) is 7.69. The van der Waals surface area contributed by atoms with Crippen molar-refractivity contribution < 1.29 is 29.0 Å². The Bertz CT molecular complexity index is 809. The Morgan fingerprint density at radius 2 is 1.80 bits per heavy atom. The normalized spacial score (nSPS) is 10.2. The molecule has 0 bridgehead atoms. The lowest BCUT2D eigenvalue weighted by atomic mass is 10.0. The monoisotopic (exact) mass is 342 g/mol. The Morgan fingerprint density at radius 1 is 1.04 bits per heavy atom. The molecule has 0 aliphatic carbocycles. The van der Waals surface area contributed by atoms with Crippen molar-refractivity contribution in [3.8, 4) is 5.75 Å². The predicted octanol–water partition coefficient (Wildman–Crippen LogP) is 3.34. The van der Waals surface area contributed by atoms with Gasteiger partial charge in [-0.1, -0.05) is 12.1 Å². The smallest absolute Gasteiger partial charge is 0.338 e. The average molecular weight is 342 g/mol. The molecular formula is C19H18O6. The van der Waals surface area contributed by atoms with Crippen molar-refractivity contribution >= 4 is 17.7 Å². The number of ether oxygens (including phenoxy) is 2. The van der Waals surface area contributed by atoms with Gasteiger partial charge in [0.1, 0.15) is 12.4 Å². The van der Waals surface area contributed by atoms with Crippen LogP contribution in [0.15, 0.2) is 42.5 Å². The van der Waals surface area contributed by atoms with Crippen LogP contribution in [0.1, 0.15) is 50.5 Å². The van der Waals surface area contributed by atoms with E-state index in [1.807, 2.05) is 0 Å². The summed E-state index contributed by atoms with van der Waals surface area (Å²) in [5, 5.41) is 9.00. The van der Waals surface area contributed by atoms with Crippen molar-refractivity contribution in [2.24, 2.45) is 0 Å². The predicted molar refractivity (Wildman–Crippen MR) is 90.1 cm³/mol. The fourth-order valence-corrected chi connectivity index (χ4v) is 2.26. The molecule has 0 heterocycles. The molecule has 6 nitrogen and oxygen atoms in total. The Balaban J connectivity index is 2.21. The van der Waals surface area contributed by atoms with Gasteiger partial charge in [0, 0.05) is 5.56 Å². The zero-order chi connectivity index (χ0) is 18.4. The van der Waals surface area contributed by atoms with Gasteiger partial charge in [0.25, 0.3) is 0 Å². The summed E-state index contributed by atoms with van der Waals surface area (Å²) in [5.74, 6) is -1.47. The first-order chi connectivity index (χ1) is 11.9. The molecule has 6 heteroatoms. The quantitative estimate of drug-likeness (QED) is 0.613. The molecule has 25 heavy (non-hydrogen) atoms. The van der Waals surface area contributed by atoms with Crippen LogP contribution >= 0.6 is 0 Å². The maximum Gasteiger partial charge on any atom is 0.338 e. The van der Waals surface area contributed by atoms with Gasteiger partial charge in [-0.3, -0.25) is 4.79 Å². The summed E-state index contributed by atoms with van der Waals surface area (Å²) in [4.78, 5) is 34.7. The number of hydrogen-bond donors (Lipinski definition) is 1. The zero-order valence-electron chi connectivity index (χ0n) is 13.9. The molecule has 0 saturated carbocycles. The van der Waals surface area contributed by atoms with Gasteiger partial charge in [-0.15, -0.1) is 0 Å². The summed E-state index contributed by atoms with van der Waals surface area (Å²) < 4.78 is 10.6. The lowest BCUT2D eigenvalue weighted by Crippen LogP contribution is -2.11. The largest absolute Gasteiger partial charge is 0.489 e. The van der Waals surface area contributed by atoms with E-state index in [9.17, 15) is 14.4 Å². The van der Waals surface area contributed by atoms with Crippen molar-refractivity contribution in [2.75, 3.05) is 6.61 Å². The van der Waals surface area contributed by atoms with Gasteiger partial charge < -0.3 is 14.6 Å². The molecule has 2 aromatic carbocycles. The standard InChI is InChI=1S/C19H18O6/c1-3-24-19(23)17-10-15(7-8-16(17)12(2)20)25-11-13-5-4-6-14(9-13)18(21)22/h4-10H,3,11H2,1-2H3,(H,21,22). The summed E-state index contributed by atoms with van der Waals surface area (Å²) in [6.07, 6.45) is 0. The molecule has 0 amide bonds. The third-order valence-corrected chi connectivity index (χ3v) is 3.45. The maximum atomic E-state index is 12.0. The molecule has 0 aliphatic rings. The van der Waals surface area contributed by atoms with E-state index in [0.717, 1.165) is 0 Å². The minimum absolute atomic E-state index is 0.128. The Morgan fingerprint density at radius 3 is 2.44 bits per heavy atom. The van der Waals surface area contributed by atoms with E-state index in [0.29, 0.717) is 11.3 Å². The molecule has 0 aliphatic heterocycles. The van der Waals surface area contributed by atoms with Crippen LogP contribution in [-0.4, -0.2) is 29.4 Å². The van der Waals surface area contributed by atoms with E-state index < -0.39 is 11.9 Å². The van der Waals surface area contributed by atoms with E-state index in [4.69, 9.17) is 14.6 Å². The van der Waals surface area contributed by atoms with Crippen molar-refractivity contribution in [1.29, 1.82) is 0 Å². The highest BCUT2D eigenvalue weighted by atomic mass is 16.5. The van der Waals surface area contributed by atoms with Crippen molar-refractivity contribution in [1.82, 2.24) is 0 Å². The topological polar surface area (TPSA) is 89.9 Å². The fraction of sp³-hybridized carbons (Fsp3) is 0.211. The Hall–Kier alpha value is -3.15. The highest BCUT2D eigenvalue weighted by Crippen LogP contribution is 2.21. The molecule has 2 rings (SSSR count). The second-order valence-corrected chi connectivity index (χ2v) is 5.28. The number of benzene rings is 2. The fourth-order valence-electron chi connectivity index (χ4n) is 2.26. The number of rotatable bonds is 7. The molecule has 0 spiro atoms. The third kappa shape index (κ3) is 4.67. The number of ketones is 1. The van der Waals surface area contributed by atoms with Crippen LogP contribution in [-0.2, 0) is 11.3 Å². The second kappa shape index (κ2) is 8.10. The molecule has 0 aromatic heterocycles. The van der Waals surface area contributed by atoms with Crippen LogP contribution in [0.2, 0.25) is 0 Å². The molecule has 0 saturated heterocycles. The average Bonchev–Trinajstić information content (AvgIpc) is 2.60. The van der Waals surface area contributed by atoms with Crippen LogP contribution in [0, 0.1) is 0 Å². The van der Waals surface area contributed by atoms with Gasteiger partial charge in [0.05, 0.1) is 17.7 Å². The van der Waals surface area contributed by atoms with Crippen molar-refractivity contribution in [2.45, 2.75) is 20.5 Å². The van der Waals surface area contributed by atoms with E-state index in [2.05, 4.69) is 0 Å². The number of carboxylic acids is 1. The SMILES string of the molecule is CCOC(=O)c1cc(OCc2cccc(C(=O)O)c2)ccc1C(C)=O. The van der Waals surface area contributed by atoms with E-state index >= 15 is 0 Å². The second-order valence-electron chi connectivity index (χ2n) is 5.28. The lowest BCUT2D eigenvalue weighted by molar-refractivity contribution is 0.0522. The number of aromatic carboxylic acids is 1. The third-order valence-electron chi connectivity index (χ3n) is 3.45. The molecule has 2 aromatic rings. The highest BCUT2D eigenvalue weighted by Gasteiger charge is 2.17. The van der Waals surface area contributed by atoms with Gasteiger partial charge >= 0.3 is 11.9 Å².